The molecule has 1 aliphatic rings. The van der Waals surface area contributed by atoms with Gasteiger partial charge in [0, 0.05) is 20.2 Å². The van der Waals surface area contributed by atoms with Crippen molar-refractivity contribution < 1.29 is 19.4 Å². The Hall–Kier alpha value is -1.30. The van der Waals surface area contributed by atoms with E-state index in [2.05, 4.69) is 5.32 Å². The Morgan fingerprint density at radius 3 is 2.45 bits per heavy atom. The molecule has 0 aromatic rings. The summed E-state index contributed by atoms with van der Waals surface area (Å²) in [7, 11) is 1.58. The van der Waals surface area contributed by atoms with Gasteiger partial charge < -0.3 is 20.1 Å². The van der Waals surface area contributed by atoms with Gasteiger partial charge in [-0.2, -0.15) is 0 Å². The van der Waals surface area contributed by atoms with Gasteiger partial charge in [-0.1, -0.05) is 13.8 Å². The number of hydrogen-bond acceptors (Lipinski definition) is 3. The van der Waals surface area contributed by atoms with Crippen LogP contribution in [0, 0.1) is 11.8 Å². The van der Waals surface area contributed by atoms with Crippen molar-refractivity contribution in [1.29, 1.82) is 0 Å². The molecule has 1 aliphatic carbocycles. The standard InChI is InChI=1S/C14H26N2O4/c1-10(2)9-16(7-8-20-4)13(19)15-14(3,12(17)18)11-5-6-11/h10-11H,5-9H2,1-4H3,(H,15,19)(H,17,18). The topological polar surface area (TPSA) is 78.9 Å². The van der Waals surface area contributed by atoms with Crippen LogP contribution in [0.3, 0.4) is 0 Å². The van der Waals surface area contributed by atoms with Crippen molar-refractivity contribution in [3.05, 3.63) is 0 Å². The number of nitrogens with zero attached hydrogens (tertiary/aromatic N) is 1. The molecule has 0 bridgehead atoms. The molecule has 20 heavy (non-hydrogen) atoms. The molecule has 0 saturated heterocycles. The summed E-state index contributed by atoms with van der Waals surface area (Å²) >= 11 is 0. The van der Waals surface area contributed by atoms with Crippen molar-refractivity contribution >= 4 is 12.0 Å². The lowest BCUT2D eigenvalue weighted by Gasteiger charge is -2.31. The van der Waals surface area contributed by atoms with E-state index in [1.807, 2.05) is 13.8 Å². The SMILES string of the molecule is COCCN(CC(C)C)C(=O)NC(C)(C(=O)O)C1CC1. The predicted molar refractivity (Wildman–Crippen MR) is 75.6 cm³/mol. The van der Waals surface area contributed by atoms with Gasteiger partial charge in [-0.15, -0.1) is 0 Å². The number of hydrogen-bond donors (Lipinski definition) is 2. The number of rotatable bonds is 8. The second-order valence-electron chi connectivity index (χ2n) is 6.04. The van der Waals surface area contributed by atoms with Crippen LogP contribution in [0.1, 0.15) is 33.6 Å². The molecule has 1 saturated carbocycles. The van der Waals surface area contributed by atoms with Crippen LogP contribution in [0.4, 0.5) is 4.79 Å². The maximum atomic E-state index is 12.3. The fourth-order valence-electron chi connectivity index (χ4n) is 2.21. The van der Waals surface area contributed by atoms with Gasteiger partial charge >= 0.3 is 12.0 Å². The fourth-order valence-corrected chi connectivity index (χ4v) is 2.21. The molecule has 6 nitrogen and oxygen atoms in total. The van der Waals surface area contributed by atoms with Gasteiger partial charge in [0.15, 0.2) is 0 Å². The van der Waals surface area contributed by atoms with E-state index < -0.39 is 11.5 Å². The number of amides is 2. The average molecular weight is 286 g/mol. The van der Waals surface area contributed by atoms with Crippen LogP contribution in [-0.4, -0.2) is 54.4 Å². The Morgan fingerprint density at radius 2 is 2.05 bits per heavy atom. The van der Waals surface area contributed by atoms with Gasteiger partial charge in [-0.25, -0.2) is 9.59 Å². The summed E-state index contributed by atoms with van der Waals surface area (Å²) in [6.07, 6.45) is 1.71. The van der Waals surface area contributed by atoms with Gasteiger partial charge in [0.05, 0.1) is 6.61 Å². The van der Waals surface area contributed by atoms with Gasteiger partial charge in [0.2, 0.25) is 0 Å². The number of urea groups is 1. The van der Waals surface area contributed by atoms with E-state index >= 15 is 0 Å². The quantitative estimate of drug-likeness (QED) is 0.709. The molecule has 0 aromatic carbocycles. The lowest BCUT2D eigenvalue weighted by molar-refractivity contribution is -0.144. The van der Waals surface area contributed by atoms with E-state index in [0.29, 0.717) is 25.6 Å². The highest BCUT2D eigenvalue weighted by Crippen LogP contribution is 2.39. The lowest BCUT2D eigenvalue weighted by atomic mass is 9.96. The molecule has 1 fully saturated rings. The third kappa shape index (κ3) is 4.37. The summed E-state index contributed by atoms with van der Waals surface area (Å²) < 4.78 is 5.00. The van der Waals surface area contributed by atoms with Crippen molar-refractivity contribution in [2.24, 2.45) is 11.8 Å². The van der Waals surface area contributed by atoms with Gasteiger partial charge in [-0.05, 0) is 31.6 Å². The van der Waals surface area contributed by atoms with E-state index in [1.54, 1.807) is 18.9 Å². The number of aliphatic carboxylic acids is 1. The molecular formula is C14H26N2O4. The highest BCUT2D eigenvalue weighted by Gasteiger charge is 2.49. The number of methoxy groups -OCH3 is 1. The summed E-state index contributed by atoms with van der Waals surface area (Å²) in [5, 5.41) is 12.1. The highest BCUT2D eigenvalue weighted by atomic mass is 16.5. The van der Waals surface area contributed by atoms with Gasteiger partial charge in [-0.3, -0.25) is 0 Å². The third-order valence-electron chi connectivity index (χ3n) is 3.64. The molecule has 0 heterocycles. The van der Waals surface area contributed by atoms with Gasteiger partial charge in [0.25, 0.3) is 0 Å². The van der Waals surface area contributed by atoms with E-state index in [0.717, 1.165) is 12.8 Å². The Labute approximate surface area is 120 Å². The number of ether oxygens (including phenoxy) is 1. The molecule has 1 rings (SSSR count). The summed E-state index contributed by atoms with van der Waals surface area (Å²) in [5.41, 5.74) is -1.17. The zero-order valence-electron chi connectivity index (χ0n) is 12.8. The Balaban J connectivity index is 2.70. The van der Waals surface area contributed by atoms with Crippen LogP contribution in [-0.2, 0) is 9.53 Å². The van der Waals surface area contributed by atoms with Crippen LogP contribution in [0.15, 0.2) is 0 Å². The van der Waals surface area contributed by atoms with Crippen molar-refractivity contribution in [2.75, 3.05) is 26.8 Å². The number of carbonyl (C=O) groups is 2. The molecule has 0 radical (unpaired) electrons. The van der Waals surface area contributed by atoms with E-state index in [9.17, 15) is 14.7 Å². The lowest BCUT2D eigenvalue weighted by Crippen LogP contribution is -2.58. The average Bonchev–Trinajstić information content (AvgIpc) is 3.17. The van der Waals surface area contributed by atoms with E-state index in [-0.39, 0.29) is 11.9 Å². The predicted octanol–water partition coefficient (Wildman–Crippen LogP) is 1.55. The minimum Gasteiger partial charge on any atom is -0.480 e. The molecule has 0 aliphatic heterocycles. The Morgan fingerprint density at radius 1 is 1.45 bits per heavy atom. The summed E-state index contributed by atoms with van der Waals surface area (Å²) in [4.78, 5) is 25.4. The molecule has 2 amide bonds. The normalized spacial score (nSPS) is 17.6. The second kappa shape index (κ2) is 6.92. The first kappa shape index (κ1) is 16.8. The van der Waals surface area contributed by atoms with Crippen molar-refractivity contribution in [2.45, 2.75) is 39.2 Å². The first-order chi connectivity index (χ1) is 9.31. The first-order valence-corrected chi connectivity index (χ1v) is 7.10. The maximum absolute atomic E-state index is 12.3. The highest BCUT2D eigenvalue weighted by molar-refractivity contribution is 5.86. The van der Waals surface area contributed by atoms with Crippen LogP contribution in [0.2, 0.25) is 0 Å². The molecule has 1 atom stereocenters. The van der Waals surface area contributed by atoms with E-state index in [4.69, 9.17) is 4.74 Å². The van der Waals surface area contributed by atoms with Crippen LogP contribution in [0.25, 0.3) is 0 Å². The third-order valence-corrected chi connectivity index (χ3v) is 3.64. The monoisotopic (exact) mass is 286 g/mol. The molecule has 0 aromatic heterocycles. The number of carbonyl (C=O) groups excluding carboxylic acids is 1. The minimum atomic E-state index is -1.17. The second-order valence-corrected chi connectivity index (χ2v) is 6.04. The zero-order chi connectivity index (χ0) is 15.3. The van der Waals surface area contributed by atoms with Crippen molar-refractivity contribution in [3.8, 4) is 0 Å². The molecule has 6 heteroatoms. The summed E-state index contributed by atoms with van der Waals surface area (Å²) in [5.74, 6) is -0.619. The fraction of sp³-hybridized carbons (Fsp3) is 0.857. The minimum absolute atomic E-state index is 0.0345. The largest absolute Gasteiger partial charge is 0.480 e. The maximum Gasteiger partial charge on any atom is 0.329 e. The number of carboxylic acids is 1. The Kier molecular flexibility index (Phi) is 5.80. The van der Waals surface area contributed by atoms with Crippen LogP contribution >= 0.6 is 0 Å². The van der Waals surface area contributed by atoms with E-state index in [1.165, 1.54) is 0 Å². The molecule has 1 unspecified atom stereocenters. The van der Waals surface area contributed by atoms with Crippen LogP contribution < -0.4 is 5.32 Å². The van der Waals surface area contributed by atoms with Crippen molar-refractivity contribution in [1.82, 2.24) is 10.2 Å². The molecular weight excluding hydrogens is 260 g/mol. The zero-order valence-corrected chi connectivity index (χ0v) is 12.8. The number of nitrogens with one attached hydrogen (secondary N) is 1. The summed E-state index contributed by atoms with van der Waals surface area (Å²) in [6.45, 7) is 7.10. The van der Waals surface area contributed by atoms with Gasteiger partial charge in [0.1, 0.15) is 5.54 Å². The van der Waals surface area contributed by atoms with Crippen molar-refractivity contribution in [3.63, 3.8) is 0 Å². The summed E-state index contributed by atoms with van der Waals surface area (Å²) in [6, 6.07) is -0.326. The molecule has 0 spiro atoms. The first-order valence-electron chi connectivity index (χ1n) is 7.10. The smallest absolute Gasteiger partial charge is 0.329 e. The molecule has 2 N–H and O–H groups in total. The number of carboxylic acid groups (broad SMARTS) is 1. The Bertz CT molecular complexity index is 355. The molecule has 116 valence electrons. The van der Waals surface area contributed by atoms with Crippen LogP contribution in [0.5, 0.6) is 0 Å².